The van der Waals surface area contributed by atoms with Gasteiger partial charge in [-0.15, -0.1) is 18.2 Å². The molecule has 0 radical (unpaired) electrons. The van der Waals surface area contributed by atoms with Crippen LogP contribution in [0.15, 0.2) is 55.1 Å². The fourth-order valence-corrected chi connectivity index (χ4v) is 2.26. The molecule has 2 nitrogen and oxygen atoms in total. The van der Waals surface area contributed by atoms with Gasteiger partial charge in [0.1, 0.15) is 11.2 Å². The molecule has 0 aliphatic carbocycles. The maximum absolute atomic E-state index is 9.19. The van der Waals surface area contributed by atoms with Crippen molar-refractivity contribution in [3.63, 3.8) is 0 Å². The summed E-state index contributed by atoms with van der Waals surface area (Å²) >= 11 is 6.07. The summed E-state index contributed by atoms with van der Waals surface area (Å²) in [4.78, 5) is 4.35. The summed E-state index contributed by atoms with van der Waals surface area (Å²) in [5, 5.41) is 9.34. The average molecular weight is 513 g/mol. The van der Waals surface area contributed by atoms with Crippen molar-refractivity contribution in [3.8, 4) is 17.2 Å². The molecule has 2 aromatic rings. The summed E-state index contributed by atoms with van der Waals surface area (Å²) in [6.45, 7) is 15.4. The van der Waals surface area contributed by atoms with Crippen molar-refractivity contribution in [2.75, 3.05) is 0 Å². The predicted molar refractivity (Wildman–Crippen MR) is 109 cm³/mol. The van der Waals surface area contributed by atoms with E-state index >= 15 is 0 Å². The van der Waals surface area contributed by atoms with Crippen molar-refractivity contribution in [1.82, 2.24) is 4.98 Å². The van der Waals surface area contributed by atoms with Gasteiger partial charge in [-0.05, 0) is 29.8 Å². The fraction of sp³-hybridized carbons (Fsp3) is 0.136. The van der Waals surface area contributed by atoms with E-state index in [-0.39, 0.29) is 50.8 Å². The van der Waals surface area contributed by atoms with E-state index < -0.39 is 0 Å². The molecule has 1 aromatic carbocycles. The summed E-state index contributed by atoms with van der Waals surface area (Å²) in [6, 6.07) is 11.8. The van der Waals surface area contributed by atoms with Gasteiger partial charge in [0.05, 0.1) is 5.56 Å². The average Bonchev–Trinajstić information content (AvgIpc) is 2.62. The van der Waals surface area contributed by atoms with Crippen LogP contribution in [0.4, 0.5) is 0 Å². The molecule has 0 bridgehead atoms. The Morgan fingerprint density at radius 3 is 2.31 bits per heavy atom. The summed E-state index contributed by atoms with van der Waals surface area (Å²) < 4.78 is 0. The number of benzene rings is 1. The predicted octanol–water partition coefficient (Wildman–Crippen LogP) is 6.62. The van der Waals surface area contributed by atoms with Crippen LogP contribution in [0.2, 0.25) is 5.15 Å². The number of halogens is 1. The zero-order chi connectivity index (χ0) is 18.1. The van der Waals surface area contributed by atoms with Crippen LogP contribution in [0, 0.1) is 70.4 Å². The smallest absolute Gasteiger partial charge is 0.145 e. The van der Waals surface area contributed by atoms with Gasteiger partial charge in [-0.1, -0.05) is 61.4 Å². The standard InChI is InChI=1S/C19H14ClN2.C2H6.CH3.Dy/c1-4-6-14(5-2)18-17(11-16(12-21)19(20)22-18)15-9-7-13(3)8-10-15;1-2;;/h2,4-11H,1H2,3H3;1-2H3;1H3;/q-1;;-1;/b14-6+;;;. The Kier molecular flexibility index (Phi) is 14.3. The zero-order valence-electron chi connectivity index (χ0n) is 15.5. The van der Waals surface area contributed by atoms with Gasteiger partial charge in [-0.3, -0.25) is 11.6 Å². The van der Waals surface area contributed by atoms with Crippen molar-refractivity contribution in [1.29, 1.82) is 5.26 Å². The number of nitriles is 1. The van der Waals surface area contributed by atoms with Gasteiger partial charge in [-0.25, -0.2) is 6.08 Å². The van der Waals surface area contributed by atoms with Crippen LogP contribution < -0.4 is 0 Å². The van der Waals surface area contributed by atoms with Crippen LogP contribution in [0.5, 0.6) is 0 Å². The maximum Gasteiger partial charge on any atom is 0.145 e. The van der Waals surface area contributed by atoms with Crippen LogP contribution >= 0.6 is 11.6 Å². The molecule has 0 saturated carbocycles. The summed E-state index contributed by atoms with van der Waals surface area (Å²) in [7, 11) is 0. The molecular weight excluding hydrogens is 490 g/mol. The molecule has 0 N–H and O–H groups in total. The normalized spacial score (nSPS) is 9.42. The molecule has 0 aliphatic rings. The van der Waals surface area contributed by atoms with Gasteiger partial charge >= 0.3 is 0 Å². The Morgan fingerprint density at radius 2 is 1.85 bits per heavy atom. The monoisotopic (exact) mass is 514 g/mol. The Bertz CT molecular complexity index is 800. The van der Waals surface area contributed by atoms with E-state index in [9.17, 15) is 5.26 Å². The van der Waals surface area contributed by atoms with Crippen LogP contribution in [-0.2, 0) is 0 Å². The number of pyridine rings is 1. The van der Waals surface area contributed by atoms with Crippen molar-refractivity contribution in [2.24, 2.45) is 0 Å². The van der Waals surface area contributed by atoms with Crippen molar-refractivity contribution < 1.29 is 38.2 Å². The van der Waals surface area contributed by atoms with Crippen LogP contribution in [-0.4, -0.2) is 4.98 Å². The molecular formula is C22H23ClDyN2-2. The van der Waals surface area contributed by atoms with Gasteiger partial charge in [-0.2, -0.15) is 5.26 Å². The number of aromatic nitrogens is 1. The topological polar surface area (TPSA) is 36.7 Å². The number of hydrogen-bond donors (Lipinski definition) is 0. The molecule has 0 unspecified atom stereocenters. The quantitative estimate of drug-likeness (QED) is 0.262. The molecule has 0 spiro atoms. The molecule has 1 heterocycles. The molecule has 4 heteroatoms. The second-order valence-corrected chi connectivity index (χ2v) is 5.08. The van der Waals surface area contributed by atoms with E-state index in [1.165, 1.54) is 6.08 Å². The van der Waals surface area contributed by atoms with Crippen LogP contribution in [0.3, 0.4) is 0 Å². The third kappa shape index (κ3) is 6.75. The maximum atomic E-state index is 9.19. The van der Waals surface area contributed by atoms with Crippen LogP contribution in [0.25, 0.3) is 16.7 Å². The molecule has 0 atom stereocenters. The minimum Gasteiger partial charge on any atom is -0.358 e. The Morgan fingerprint density at radius 1 is 1.27 bits per heavy atom. The molecule has 2 rings (SSSR count). The van der Waals surface area contributed by atoms with E-state index in [0.717, 1.165) is 16.7 Å². The van der Waals surface area contributed by atoms with Gasteiger partial charge < -0.3 is 7.43 Å². The first-order valence-corrected chi connectivity index (χ1v) is 8.04. The first kappa shape index (κ1) is 26.9. The van der Waals surface area contributed by atoms with E-state index in [2.05, 4.69) is 17.6 Å². The number of allylic oxidation sites excluding steroid dienone is 4. The summed E-state index contributed by atoms with van der Waals surface area (Å²) in [6.07, 6.45) is 4.83. The number of nitrogens with zero attached hydrogens (tertiary/aromatic N) is 2. The molecule has 0 amide bonds. The zero-order valence-corrected chi connectivity index (χ0v) is 18.3. The first-order chi connectivity index (χ1) is 11.6. The van der Waals surface area contributed by atoms with E-state index in [0.29, 0.717) is 16.8 Å². The Labute approximate surface area is 193 Å². The Hall–Kier alpha value is -1.36. The van der Waals surface area contributed by atoms with Gasteiger partial charge in [0.2, 0.25) is 0 Å². The van der Waals surface area contributed by atoms with E-state index in [1.807, 2.05) is 45.0 Å². The van der Waals surface area contributed by atoms with E-state index in [1.54, 1.807) is 18.2 Å². The minimum atomic E-state index is 0. The first-order valence-electron chi connectivity index (χ1n) is 7.66. The van der Waals surface area contributed by atoms with Gasteiger partial charge in [0.15, 0.2) is 0 Å². The molecule has 0 saturated heterocycles. The fourth-order valence-electron chi connectivity index (χ4n) is 2.08. The SMILES string of the molecule is CC.[CH-]=C/C(=C\C=C)c1nc(Cl)c(C#N)cc1-c1ccc(C)cc1.[CH3-].[Dy]. The molecule has 140 valence electrons. The second kappa shape index (κ2) is 13.8. The summed E-state index contributed by atoms with van der Waals surface area (Å²) in [5.74, 6) is 0. The van der Waals surface area contributed by atoms with Crippen molar-refractivity contribution >= 4 is 17.2 Å². The van der Waals surface area contributed by atoms with Crippen molar-refractivity contribution in [2.45, 2.75) is 20.8 Å². The molecule has 26 heavy (non-hydrogen) atoms. The molecule has 0 aliphatic heterocycles. The number of rotatable bonds is 4. The number of aryl methyl sites for hydroxylation is 1. The van der Waals surface area contributed by atoms with Crippen LogP contribution in [0.1, 0.15) is 30.7 Å². The largest absolute Gasteiger partial charge is 0.358 e. The Balaban J connectivity index is 0. The molecule has 0 fully saturated rings. The van der Waals surface area contributed by atoms with E-state index in [4.69, 9.17) is 18.2 Å². The molecule has 1 aromatic heterocycles. The van der Waals surface area contributed by atoms with Gasteiger partial charge in [0.25, 0.3) is 0 Å². The van der Waals surface area contributed by atoms with Crippen molar-refractivity contribution in [3.05, 3.63) is 91.1 Å². The third-order valence-electron chi connectivity index (χ3n) is 3.21. The third-order valence-corrected chi connectivity index (χ3v) is 3.50. The minimum absolute atomic E-state index is 0. The second-order valence-electron chi connectivity index (χ2n) is 4.73. The number of hydrogen-bond acceptors (Lipinski definition) is 2. The summed E-state index contributed by atoms with van der Waals surface area (Å²) in [5.41, 5.74) is 4.54. The van der Waals surface area contributed by atoms with Gasteiger partial charge in [0, 0.05) is 38.2 Å².